The topological polar surface area (TPSA) is 17.1 Å². The molecule has 0 bridgehead atoms. The van der Waals surface area contributed by atoms with Crippen LogP contribution in [0.2, 0.25) is 0 Å². The molecule has 1 aliphatic rings. The van der Waals surface area contributed by atoms with Crippen LogP contribution in [0.25, 0.3) is 0 Å². The van der Waals surface area contributed by atoms with Crippen LogP contribution in [-0.2, 0) is 6.42 Å². The van der Waals surface area contributed by atoms with Crippen LogP contribution in [0.5, 0.6) is 0 Å². The molecule has 19 heavy (non-hydrogen) atoms. The average molecular weight is 268 g/mol. The van der Waals surface area contributed by atoms with Crippen molar-refractivity contribution in [2.45, 2.75) is 18.1 Å². The van der Waals surface area contributed by atoms with Crippen molar-refractivity contribution in [1.29, 1.82) is 0 Å². The number of benzene rings is 2. The van der Waals surface area contributed by atoms with E-state index in [1.54, 1.807) is 0 Å². The van der Waals surface area contributed by atoms with Crippen molar-refractivity contribution in [3.8, 4) is 0 Å². The Morgan fingerprint density at radius 1 is 1.05 bits per heavy atom. The summed E-state index contributed by atoms with van der Waals surface area (Å²) >= 11 is 1.91. The van der Waals surface area contributed by atoms with Crippen LogP contribution >= 0.6 is 11.8 Å². The smallest absolute Gasteiger partial charge is 0.164 e. The lowest BCUT2D eigenvalue weighted by molar-refractivity contribution is 0.0982. The molecule has 1 aliphatic heterocycles. The Bertz CT molecular complexity index is 577. The Hall–Kier alpha value is -1.54. The molecule has 1 atom stereocenters. The fourth-order valence-corrected chi connectivity index (χ4v) is 3.86. The average Bonchev–Trinajstić information content (AvgIpc) is 2.48. The first kappa shape index (κ1) is 12.5. The second kappa shape index (κ2) is 5.62. The molecule has 0 aliphatic carbocycles. The van der Waals surface area contributed by atoms with Gasteiger partial charge in [-0.2, -0.15) is 11.8 Å². The minimum atomic E-state index is 0.245. The Morgan fingerprint density at radius 3 is 2.63 bits per heavy atom. The second-order valence-electron chi connectivity index (χ2n) is 4.80. The van der Waals surface area contributed by atoms with Crippen molar-refractivity contribution in [2.75, 3.05) is 5.75 Å². The highest BCUT2D eigenvalue weighted by molar-refractivity contribution is 7.99. The van der Waals surface area contributed by atoms with E-state index in [4.69, 9.17) is 0 Å². The summed E-state index contributed by atoms with van der Waals surface area (Å²) < 4.78 is 0. The van der Waals surface area contributed by atoms with E-state index in [0.29, 0.717) is 11.7 Å². The van der Waals surface area contributed by atoms with Crippen molar-refractivity contribution >= 4 is 17.5 Å². The molecule has 0 fully saturated rings. The summed E-state index contributed by atoms with van der Waals surface area (Å²) in [6, 6.07) is 18.1. The summed E-state index contributed by atoms with van der Waals surface area (Å²) in [5.74, 6) is 1.36. The lowest BCUT2D eigenvalue weighted by atomic mass is 9.97. The lowest BCUT2D eigenvalue weighted by Gasteiger charge is -2.24. The number of thioether (sulfide) groups is 1. The van der Waals surface area contributed by atoms with Gasteiger partial charge in [0.15, 0.2) is 5.78 Å². The molecule has 0 radical (unpaired) electrons. The molecule has 1 nitrogen and oxygen atoms in total. The molecule has 0 aromatic heterocycles. The second-order valence-corrected chi connectivity index (χ2v) is 6.11. The third kappa shape index (κ3) is 2.74. The van der Waals surface area contributed by atoms with Crippen LogP contribution in [0.1, 0.15) is 33.2 Å². The molecule has 0 saturated heterocycles. The maximum absolute atomic E-state index is 12.3. The van der Waals surface area contributed by atoms with Gasteiger partial charge in [0, 0.05) is 17.2 Å². The van der Waals surface area contributed by atoms with Gasteiger partial charge in [-0.25, -0.2) is 0 Å². The van der Waals surface area contributed by atoms with Gasteiger partial charge >= 0.3 is 0 Å². The van der Waals surface area contributed by atoms with Gasteiger partial charge in [0.05, 0.1) is 0 Å². The molecule has 3 rings (SSSR count). The van der Waals surface area contributed by atoms with Gasteiger partial charge in [-0.05, 0) is 23.3 Å². The monoisotopic (exact) mass is 268 g/mol. The molecule has 1 heterocycles. The van der Waals surface area contributed by atoms with Gasteiger partial charge in [0.25, 0.3) is 0 Å². The number of hydrogen-bond donors (Lipinski definition) is 0. The minimum Gasteiger partial charge on any atom is -0.294 e. The molecule has 0 N–H and O–H groups in total. The van der Waals surface area contributed by atoms with Gasteiger partial charge in [-0.1, -0.05) is 54.6 Å². The number of Topliss-reactive ketones (excluding diaryl/α,β-unsaturated/α-hetero) is 1. The van der Waals surface area contributed by atoms with Gasteiger partial charge in [-0.3, -0.25) is 4.79 Å². The maximum atomic E-state index is 12.3. The van der Waals surface area contributed by atoms with Gasteiger partial charge in [0.2, 0.25) is 0 Å². The van der Waals surface area contributed by atoms with E-state index in [2.05, 4.69) is 24.3 Å². The number of aryl methyl sites for hydroxylation is 1. The lowest BCUT2D eigenvalue weighted by Crippen LogP contribution is -2.12. The molecule has 2 aromatic carbocycles. The molecular weight excluding hydrogens is 252 g/mol. The highest BCUT2D eigenvalue weighted by atomic mass is 32.2. The number of rotatable bonds is 3. The minimum absolute atomic E-state index is 0.245. The highest BCUT2D eigenvalue weighted by Gasteiger charge is 2.23. The summed E-state index contributed by atoms with van der Waals surface area (Å²) in [7, 11) is 0. The maximum Gasteiger partial charge on any atom is 0.164 e. The molecule has 1 unspecified atom stereocenters. The summed E-state index contributed by atoms with van der Waals surface area (Å²) in [5.41, 5.74) is 3.58. The molecule has 2 aromatic rings. The van der Waals surface area contributed by atoms with E-state index >= 15 is 0 Å². The number of carbonyl (C=O) groups excluding carboxylic acids is 1. The Balaban J connectivity index is 1.80. The first-order valence-corrected chi connectivity index (χ1v) is 7.67. The zero-order chi connectivity index (χ0) is 13.1. The van der Waals surface area contributed by atoms with Gasteiger partial charge in [-0.15, -0.1) is 0 Å². The summed E-state index contributed by atoms with van der Waals surface area (Å²) in [5, 5.41) is 0.317. The van der Waals surface area contributed by atoms with Crippen molar-refractivity contribution in [2.24, 2.45) is 0 Å². The van der Waals surface area contributed by atoms with E-state index in [0.717, 1.165) is 17.7 Å². The van der Waals surface area contributed by atoms with E-state index in [1.165, 1.54) is 11.1 Å². The Labute approximate surface area is 118 Å². The number of ketones is 1. The zero-order valence-corrected chi connectivity index (χ0v) is 11.5. The number of hydrogen-bond acceptors (Lipinski definition) is 2. The standard InChI is InChI=1S/C17H16OS/c18-16(14-7-2-1-3-8-14)12-17-15-9-5-4-6-13(15)10-11-19-17/h1-9,17H,10-12H2. The number of fused-ring (bicyclic) bond motifs is 1. The van der Waals surface area contributed by atoms with Crippen LogP contribution in [0.15, 0.2) is 54.6 Å². The van der Waals surface area contributed by atoms with Crippen molar-refractivity contribution in [3.05, 3.63) is 71.3 Å². The SMILES string of the molecule is O=C(CC1SCCc2ccccc21)c1ccccc1. The van der Waals surface area contributed by atoms with Crippen molar-refractivity contribution in [1.82, 2.24) is 0 Å². The zero-order valence-electron chi connectivity index (χ0n) is 10.7. The quantitative estimate of drug-likeness (QED) is 0.772. The summed E-state index contributed by atoms with van der Waals surface area (Å²) in [6.07, 6.45) is 1.72. The normalized spacial score (nSPS) is 17.8. The van der Waals surface area contributed by atoms with Crippen LogP contribution in [0.4, 0.5) is 0 Å². The van der Waals surface area contributed by atoms with E-state index in [9.17, 15) is 4.79 Å². The molecule has 2 heteroatoms. The largest absolute Gasteiger partial charge is 0.294 e. The molecular formula is C17H16OS. The molecule has 0 saturated carbocycles. The van der Waals surface area contributed by atoms with Crippen molar-refractivity contribution < 1.29 is 4.79 Å². The molecule has 0 amide bonds. The highest BCUT2D eigenvalue weighted by Crippen LogP contribution is 2.39. The fraction of sp³-hybridized carbons (Fsp3) is 0.235. The van der Waals surface area contributed by atoms with E-state index in [1.807, 2.05) is 42.1 Å². The molecule has 96 valence electrons. The van der Waals surface area contributed by atoms with Crippen LogP contribution in [0.3, 0.4) is 0 Å². The third-order valence-electron chi connectivity index (χ3n) is 3.56. The van der Waals surface area contributed by atoms with Crippen molar-refractivity contribution in [3.63, 3.8) is 0 Å². The Kier molecular flexibility index (Phi) is 3.69. The summed E-state index contributed by atoms with van der Waals surface area (Å²) in [6.45, 7) is 0. The predicted octanol–water partition coefficient (Wildman–Crippen LogP) is 4.29. The summed E-state index contributed by atoms with van der Waals surface area (Å²) in [4.78, 5) is 12.3. The fourth-order valence-electron chi connectivity index (χ4n) is 2.56. The number of carbonyl (C=O) groups is 1. The van der Waals surface area contributed by atoms with E-state index in [-0.39, 0.29) is 5.78 Å². The van der Waals surface area contributed by atoms with Gasteiger partial charge < -0.3 is 0 Å². The first-order valence-electron chi connectivity index (χ1n) is 6.62. The van der Waals surface area contributed by atoms with Gasteiger partial charge in [0.1, 0.15) is 0 Å². The molecule has 0 spiro atoms. The predicted molar refractivity (Wildman–Crippen MR) is 80.7 cm³/mol. The third-order valence-corrected chi connectivity index (χ3v) is 4.82. The van der Waals surface area contributed by atoms with Crippen LogP contribution < -0.4 is 0 Å². The van der Waals surface area contributed by atoms with Crippen LogP contribution in [0, 0.1) is 0 Å². The Morgan fingerprint density at radius 2 is 1.79 bits per heavy atom. The first-order chi connectivity index (χ1) is 9.34. The van der Waals surface area contributed by atoms with E-state index < -0.39 is 0 Å². The van der Waals surface area contributed by atoms with Crippen LogP contribution in [-0.4, -0.2) is 11.5 Å².